The molecule has 6 nitrogen and oxygen atoms in total. The second-order valence-corrected chi connectivity index (χ2v) is 5.26. The first-order chi connectivity index (χ1) is 11.0. The van der Waals surface area contributed by atoms with E-state index in [0.717, 1.165) is 12.5 Å². The number of esters is 1. The maximum Gasteiger partial charge on any atom is 0.387 e. The SMILES string of the molecule is CNc1cc(CN2CCC[C@H]2C(=O)OC)c(OC(F)F)cc1O. The highest BCUT2D eigenvalue weighted by molar-refractivity contribution is 5.76. The summed E-state index contributed by atoms with van der Waals surface area (Å²) >= 11 is 0. The van der Waals surface area contributed by atoms with Crippen molar-refractivity contribution in [1.29, 1.82) is 0 Å². The highest BCUT2D eigenvalue weighted by Gasteiger charge is 2.32. The molecule has 0 saturated carbocycles. The summed E-state index contributed by atoms with van der Waals surface area (Å²) in [4.78, 5) is 13.6. The second-order valence-electron chi connectivity index (χ2n) is 5.26. The van der Waals surface area contributed by atoms with Gasteiger partial charge in [0.25, 0.3) is 0 Å². The van der Waals surface area contributed by atoms with Crippen LogP contribution in [0.2, 0.25) is 0 Å². The Morgan fingerprint density at radius 3 is 2.87 bits per heavy atom. The van der Waals surface area contributed by atoms with Gasteiger partial charge in [-0.2, -0.15) is 8.78 Å². The smallest absolute Gasteiger partial charge is 0.387 e. The van der Waals surface area contributed by atoms with Crippen molar-refractivity contribution in [3.05, 3.63) is 17.7 Å². The predicted molar refractivity (Wildman–Crippen MR) is 79.7 cm³/mol. The molecule has 1 aliphatic rings. The molecular formula is C15H20F2N2O4. The predicted octanol–water partition coefficient (Wildman–Crippen LogP) is 2.17. The maximum atomic E-state index is 12.6. The summed E-state index contributed by atoms with van der Waals surface area (Å²) < 4.78 is 34.4. The summed E-state index contributed by atoms with van der Waals surface area (Å²) in [5.41, 5.74) is 0.860. The van der Waals surface area contributed by atoms with E-state index in [2.05, 4.69) is 10.1 Å². The summed E-state index contributed by atoms with van der Waals surface area (Å²) in [6.45, 7) is -2.09. The van der Waals surface area contributed by atoms with Crippen molar-refractivity contribution < 1.29 is 28.2 Å². The summed E-state index contributed by atoms with van der Waals surface area (Å²) in [5, 5.41) is 12.6. The number of phenolic OH excluding ortho intramolecular Hbond substituents is 1. The molecule has 1 aromatic carbocycles. The summed E-state index contributed by atoms with van der Waals surface area (Å²) in [5.74, 6) is -0.628. The van der Waals surface area contributed by atoms with Crippen molar-refractivity contribution in [1.82, 2.24) is 4.90 Å². The van der Waals surface area contributed by atoms with Crippen molar-refractivity contribution >= 4 is 11.7 Å². The Labute approximate surface area is 133 Å². The second kappa shape index (κ2) is 7.45. The van der Waals surface area contributed by atoms with Gasteiger partial charge in [-0.1, -0.05) is 0 Å². The lowest BCUT2D eigenvalue weighted by Crippen LogP contribution is -2.36. The van der Waals surface area contributed by atoms with Gasteiger partial charge in [-0.05, 0) is 25.5 Å². The van der Waals surface area contributed by atoms with Crippen LogP contribution in [-0.4, -0.2) is 49.3 Å². The summed E-state index contributed by atoms with van der Waals surface area (Å²) in [7, 11) is 2.93. The lowest BCUT2D eigenvalue weighted by Gasteiger charge is -2.24. The minimum absolute atomic E-state index is 0.105. The number of carbonyl (C=O) groups is 1. The van der Waals surface area contributed by atoms with Crippen LogP contribution in [0, 0.1) is 0 Å². The van der Waals surface area contributed by atoms with E-state index in [4.69, 9.17) is 4.74 Å². The van der Waals surface area contributed by atoms with Crippen molar-refractivity contribution in [3.8, 4) is 11.5 Å². The number of methoxy groups -OCH3 is 1. The third kappa shape index (κ3) is 4.01. The van der Waals surface area contributed by atoms with E-state index >= 15 is 0 Å². The molecule has 0 aromatic heterocycles. The first kappa shape index (κ1) is 17.3. The van der Waals surface area contributed by atoms with Gasteiger partial charge in [0, 0.05) is 25.2 Å². The average Bonchev–Trinajstić information content (AvgIpc) is 2.96. The first-order valence-corrected chi connectivity index (χ1v) is 7.26. The molecule has 0 radical (unpaired) electrons. The fourth-order valence-electron chi connectivity index (χ4n) is 2.78. The molecule has 128 valence electrons. The number of nitrogens with zero attached hydrogens (tertiary/aromatic N) is 1. The lowest BCUT2D eigenvalue weighted by molar-refractivity contribution is -0.146. The minimum Gasteiger partial charge on any atom is -0.506 e. The minimum atomic E-state index is -3.00. The number of aromatic hydroxyl groups is 1. The fourth-order valence-corrected chi connectivity index (χ4v) is 2.78. The number of phenols is 1. The number of hydrogen-bond acceptors (Lipinski definition) is 6. The Kier molecular flexibility index (Phi) is 5.59. The van der Waals surface area contributed by atoms with E-state index in [0.29, 0.717) is 24.2 Å². The molecule has 0 amide bonds. The molecule has 2 N–H and O–H groups in total. The van der Waals surface area contributed by atoms with Gasteiger partial charge in [-0.25, -0.2) is 0 Å². The Balaban J connectivity index is 2.27. The number of hydrogen-bond donors (Lipinski definition) is 2. The lowest BCUT2D eigenvalue weighted by atomic mass is 10.1. The van der Waals surface area contributed by atoms with Crippen molar-refractivity contribution in [3.63, 3.8) is 0 Å². The zero-order chi connectivity index (χ0) is 17.0. The van der Waals surface area contributed by atoms with Gasteiger partial charge in [-0.3, -0.25) is 9.69 Å². The molecule has 0 aliphatic carbocycles. The molecule has 0 bridgehead atoms. The number of ether oxygens (including phenoxy) is 2. The Bertz CT molecular complexity index is 569. The van der Waals surface area contributed by atoms with Crippen molar-refractivity contribution in [2.24, 2.45) is 0 Å². The van der Waals surface area contributed by atoms with Gasteiger partial charge >= 0.3 is 12.6 Å². The largest absolute Gasteiger partial charge is 0.506 e. The van der Waals surface area contributed by atoms with Gasteiger partial charge in [0.2, 0.25) is 0 Å². The van der Waals surface area contributed by atoms with E-state index in [1.807, 2.05) is 4.90 Å². The number of rotatable bonds is 6. The number of carbonyl (C=O) groups excluding carboxylic acids is 1. The van der Waals surface area contributed by atoms with Crippen LogP contribution in [0.1, 0.15) is 18.4 Å². The highest BCUT2D eigenvalue weighted by Crippen LogP contribution is 2.35. The van der Waals surface area contributed by atoms with Crippen LogP contribution < -0.4 is 10.1 Å². The number of alkyl halides is 2. The molecule has 1 saturated heterocycles. The first-order valence-electron chi connectivity index (χ1n) is 7.26. The van der Waals surface area contributed by atoms with Crippen LogP contribution in [0.25, 0.3) is 0 Å². The molecule has 1 fully saturated rings. The van der Waals surface area contributed by atoms with Crippen LogP contribution in [-0.2, 0) is 16.1 Å². The maximum absolute atomic E-state index is 12.6. The molecule has 0 unspecified atom stereocenters. The van der Waals surface area contributed by atoms with Gasteiger partial charge in [-0.15, -0.1) is 0 Å². The average molecular weight is 330 g/mol. The number of benzene rings is 1. The van der Waals surface area contributed by atoms with Gasteiger partial charge in [0.15, 0.2) is 0 Å². The third-order valence-corrected chi connectivity index (χ3v) is 3.87. The molecule has 23 heavy (non-hydrogen) atoms. The molecule has 0 spiro atoms. The van der Waals surface area contributed by atoms with Gasteiger partial charge in [0.1, 0.15) is 17.5 Å². The van der Waals surface area contributed by atoms with Crippen molar-refractivity contribution in [2.75, 3.05) is 26.0 Å². The number of anilines is 1. The molecule has 1 aromatic rings. The number of halogens is 2. The quantitative estimate of drug-likeness (QED) is 0.615. The highest BCUT2D eigenvalue weighted by atomic mass is 19.3. The van der Waals surface area contributed by atoms with E-state index in [9.17, 15) is 18.7 Å². The van der Waals surface area contributed by atoms with Crippen LogP contribution in [0.15, 0.2) is 12.1 Å². The Morgan fingerprint density at radius 2 is 2.26 bits per heavy atom. The normalized spacial score (nSPS) is 18.2. The standard InChI is InChI=1S/C15H20F2N2O4/c1-18-10-6-9(13(7-12(10)20)23-15(16)17)8-19-5-3-4-11(19)14(21)22-2/h6-7,11,15,18,20H,3-5,8H2,1-2H3/t11-/m0/s1. The molecule has 2 rings (SSSR count). The van der Waals surface area contributed by atoms with Crippen LogP contribution >= 0.6 is 0 Å². The topological polar surface area (TPSA) is 71.0 Å². The van der Waals surface area contributed by atoms with Crippen LogP contribution in [0.5, 0.6) is 11.5 Å². The number of likely N-dealkylation sites (tertiary alicyclic amines) is 1. The van der Waals surface area contributed by atoms with E-state index < -0.39 is 12.7 Å². The molecule has 1 atom stereocenters. The number of nitrogens with one attached hydrogen (secondary N) is 1. The van der Waals surface area contributed by atoms with E-state index in [-0.39, 0.29) is 24.0 Å². The molecular weight excluding hydrogens is 310 g/mol. The fraction of sp³-hybridized carbons (Fsp3) is 0.533. The summed E-state index contributed by atoms with van der Waals surface area (Å²) in [6, 6.07) is 2.29. The molecule has 1 aliphatic heterocycles. The van der Waals surface area contributed by atoms with Gasteiger partial charge in [0.05, 0.1) is 12.8 Å². The van der Waals surface area contributed by atoms with E-state index in [1.165, 1.54) is 7.11 Å². The van der Waals surface area contributed by atoms with Crippen LogP contribution in [0.4, 0.5) is 14.5 Å². The monoisotopic (exact) mass is 330 g/mol. The molecule has 1 heterocycles. The third-order valence-electron chi connectivity index (χ3n) is 3.87. The zero-order valence-electron chi connectivity index (χ0n) is 13.0. The zero-order valence-corrected chi connectivity index (χ0v) is 13.0. The Hall–Kier alpha value is -2.09. The van der Waals surface area contributed by atoms with Crippen LogP contribution in [0.3, 0.4) is 0 Å². The summed E-state index contributed by atoms with van der Waals surface area (Å²) in [6.07, 6.45) is 1.48. The van der Waals surface area contributed by atoms with E-state index in [1.54, 1.807) is 13.1 Å². The Morgan fingerprint density at radius 1 is 1.52 bits per heavy atom. The molecule has 8 heteroatoms. The van der Waals surface area contributed by atoms with Crippen molar-refractivity contribution in [2.45, 2.75) is 32.0 Å². The van der Waals surface area contributed by atoms with Gasteiger partial charge < -0.3 is 19.9 Å².